The third-order valence-electron chi connectivity index (χ3n) is 2.93. The van der Waals surface area contributed by atoms with Crippen LogP contribution in [0.5, 0.6) is 0 Å². The molecule has 1 heterocycles. The number of hydrogen-bond acceptors (Lipinski definition) is 4. The highest BCUT2D eigenvalue weighted by Gasteiger charge is 2.12. The molecule has 0 unspecified atom stereocenters. The lowest BCUT2D eigenvalue weighted by atomic mass is 10.1. The van der Waals surface area contributed by atoms with Crippen molar-refractivity contribution in [3.63, 3.8) is 0 Å². The van der Waals surface area contributed by atoms with E-state index in [4.69, 9.17) is 0 Å². The lowest BCUT2D eigenvalue weighted by molar-refractivity contribution is -0.114. The van der Waals surface area contributed by atoms with E-state index in [9.17, 15) is 4.79 Å². The van der Waals surface area contributed by atoms with Crippen LogP contribution in [0.25, 0.3) is 0 Å². The third-order valence-corrected chi connectivity index (χ3v) is 3.85. The fraction of sp³-hybridized carbons (Fsp3) is 0.714. The molecule has 0 fully saturated rings. The maximum atomic E-state index is 11.2. The average molecular weight is 281 g/mol. The molecule has 19 heavy (non-hydrogen) atoms. The maximum absolute atomic E-state index is 11.2. The molecule has 0 bridgehead atoms. The first-order valence-corrected chi connectivity index (χ1v) is 8.09. The topological polar surface area (TPSA) is 54.1 Å². The largest absolute Gasteiger partial charge is 0.299 e. The van der Waals surface area contributed by atoms with Gasteiger partial charge in [-0.3, -0.25) is 4.79 Å². The summed E-state index contributed by atoms with van der Waals surface area (Å²) in [6.07, 6.45) is 10.4. The number of rotatable bonds is 9. The Bertz CT molecular complexity index is 364. The summed E-state index contributed by atoms with van der Waals surface area (Å²) in [6, 6.07) is 0. The summed E-state index contributed by atoms with van der Waals surface area (Å²) in [7, 11) is 0. The van der Waals surface area contributed by atoms with Gasteiger partial charge in [0.2, 0.25) is 5.17 Å². The van der Waals surface area contributed by atoms with Crippen molar-refractivity contribution in [3.05, 3.63) is 12.3 Å². The molecule has 0 radical (unpaired) electrons. The number of carbonyl (C=O) groups excluding carboxylic acids is 1. The molecule has 5 heteroatoms. The first-order chi connectivity index (χ1) is 9.24. The second-order valence-corrected chi connectivity index (χ2v) is 5.73. The molecule has 0 aromatic rings. The molecule has 1 aliphatic rings. The standard InChI is InChI=1S/C14H23N3OS/c1-3-4-5-6-7-8-9-10-11-19-14-15-13(18)12(2)16-17-14/h2-11H2,1H3. The number of carbonyl (C=O) groups is 1. The molecule has 1 amide bonds. The van der Waals surface area contributed by atoms with Crippen LogP contribution in [-0.2, 0) is 4.79 Å². The zero-order chi connectivity index (χ0) is 13.9. The SMILES string of the molecule is C=C1N=NC(SCCCCCCCCCC)=NC1=O. The Morgan fingerprint density at radius 1 is 1.00 bits per heavy atom. The van der Waals surface area contributed by atoms with Crippen molar-refractivity contribution in [3.8, 4) is 0 Å². The monoisotopic (exact) mass is 281 g/mol. The van der Waals surface area contributed by atoms with E-state index in [2.05, 4.69) is 28.7 Å². The Morgan fingerprint density at radius 2 is 1.63 bits per heavy atom. The second-order valence-electron chi connectivity index (χ2n) is 4.67. The van der Waals surface area contributed by atoms with Gasteiger partial charge in [-0.15, -0.1) is 10.2 Å². The summed E-state index contributed by atoms with van der Waals surface area (Å²) in [5.41, 5.74) is 0.122. The Morgan fingerprint density at radius 3 is 2.26 bits per heavy atom. The minimum absolute atomic E-state index is 0.122. The third kappa shape index (κ3) is 7.25. The van der Waals surface area contributed by atoms with Crippen molar-refractivity contribution in [1.29, 1.82) is 0 Å². The van der Waals surface area contributed by atoms with E-state index in [0.717, 1.165) is 12.2 Å². The Hall–Kier alpha value is -0.970. The normalized spacial score (nSPS) is 14.9. The van der Waals surface area contributed by atoms with Gasteiger partial charge in [0.15, 0.2) is 0 Å². The molecule has 0 saturated carbocycles. The van der Waals surface area contributed by atoms with Gasteiger partial charge in [-0.05, 0) is 6.42 Å². The molecule has 0 spiro atoms. The predicted octanol–water partition coefficient (Wildman–Crippen LogP) is 4.72. The van der Waals surface area contributed by atoms with Crippen LogP contribution in [0.15, 0.2) is 27.5 Å². The van der Waals surface area contributed by atoms with Gasteiger partial charge in [0.1, 0.15) is 5.70 Å². The number of thioether (sulfide) groups is 1. The van der Waals surface area contributed by atoms with Crippen molar-refractivity contribution >= 4 is 22.8 Å². The van der Waals surface area contributed by atoms with E-state index < -0.39 is 0 Å². The van der Waals surface area contributed by atoms with Crippen molar-refractivity contribution in [2.24, 2.45) is 15.2 Å². The van der Waals surface area contributed by atoms with Crippen LogP contribution in [0.3, 0.4) is 0 Å². The van der Waals surface area contributed by atoms with E-state index in [1.54, 1.807) is 0 Å². The molecule has 0 aromatic heterocycles. The number of nitrogens with zero attached hydrogens (tertiary/aromatic N) is 3. The van der Waals surface area contributed by atoms with E-state index in [-0.39, 0.29) is 11.6 Å². The van der Waals surface area contributed by atoms with Crippen LogP contribution in [0.4, 0.5) is 0 Å². The Labute approximate surface area is 119 Å². The quantitative estimate of drug-likeness (QED) is 0.453. The van der Waals surface area contributed by atoms with E-state index in [1.165, 1.54) is 56.7 Å². The molecule has 1 rings (SSSR count). The molecule has 106 valence electrons. The first-order valence-electron chi connectivity index (χ1n) is 7.10. The second kappa shape index (κ2) is 9.89. The molecule has 4 nitrogen and oxygen atoms in total. The van der Waals surface area contributed by atoms with Gasteiger partial charge < -0.3 is 0 Å². The lowest BCUT2D eigenvalue weighted by Gasteiger charge is -2.04. The molecule has 0 N–H and O–H groups in total. The highest BCUT2D eigenvalue weighted by atomic mass is 32.2. The number of amides is 1. The van der Waals surface area contributed by atoms with Crippen LogP contribution in [0.1, 0.15) is 58.3 Å². The minimum atomic E-state index is -0.367. The predicted molar refractivity (Wildman–Crippen MR) is 81.5 cm³/mol. The summed E-state index contributed by atoms with van der Waals surface area (Å²) >= 11 is 1.50. The first kappa shape index (κ1) is 16.1. The smallest absolute Gasteiger partial charge is 0.265 e. The van der Waals surface area contributed by atoms with Crippen LogP contribution < -0.4 is 0 Å². The summed E-state index contributed by atoms with van der Waals surface area (Å²) in [5, 5.41) is 8.00. The van der Waals surface area contributed by atoms with Crippen molar-refractivity contribution in [1.82, 2.24) is 0 Å². The number of azo groups is 1. The Balaban J connectivity index is 1.97. The van der Waals surface area contributed by atoms with Gasteiger partial charge in [0, 0.05) is 5.75 Å². The van der Waals surface area contributed by atoms with Crippen LogP contribution in [-0.4, -0.2) is 16.8 Å². The molecule has 1 aliphatic heterocycles. The highest BCUT2D eigenvalue weighted by molar-refractivity contribution is 8.13. The van der Waals surface area contributed by atoms with Gasteiger partial charge in [-0.1, -0.05) is 70.2 Å². The molecular weight excluding hydrogens is 258 g/mol. The van der Waals surface area contributed by atoms with Crippen molar-refractivity contribution < 1.29 is 4.79 Å². The van der Waals surface area contributed by atoms with E-state index >= 15 is 0 Å². The van der Waals surface area contributed by atoms with E-state index in [1.807, 2.05) is 0 Å². The van der Waals surface area contributed by atoms with Gasteiger partial charge in [0.05, 0.1) is 0 Å². The zero-order valence-corrected chi connectivity index (χ0v) is 12.5. The Kier molecular flexibility index (Phi) is 8.38. The van der Waals surface area contributed by atoms with Crippen LogP contribution in [0.2, 0.25) is 0 Å². The molecule has 0 saturated heterocycles. The summed E-state index contributed by atoms with van der Waals surface area (Å²) in [5.74, 6) is 0.584. The van der Waals surface area contributed by atoms with Gasteiger partial charge >= 0.3 is 0 Å². The van der Waals surface area contributed by atoms with Gasteiger partial charge in [-0.25, -0.2) is 0 Å². The van der Waals surface area contributed by atoms with Gasteiger partial charge in [-0.2, -0.15) is 4.99 Å². The van der Waals surface area contributed by atoms with Crippen molar-refractivity contribution in [2.75, 3.05) is 5.75 Å². The highest BCUT2D eigenvalue weighted by Crippen LogP contribution is 2.16. The molecular formula is C14H23N3OS. The average Bonchev–Trinajstić information content (AvgIpc) is 2.41. The molecule has 0 aromatic carbocycles. The summed E-state index contributed by atoms with van der Waals surface area (Å²) in [6.45, 7) is 5.69. The zero-order valence-electron chi connectivity index (χ0n) is 11.7. The number of amidine groups is 1. The molecule has 0 aliphatic carbocycles. The fourth-order valence-electron chi connectivity index (χ4n) is 1.78. The van der Waals surface area contributed by atoms with Crippen LogP contribution >= 0.6 is 11.8 Å². The van der Waals surface area contributed by atoms with Gasteiger partial charge in [0.25, 0.3) is 5.91 Å². The summed E-state index contributed by atoms with van der Waals surface area (Å²) < 4.78 is 0. The summed E-state index contributed by atoms with van der Waals surface area (Å²) in [4.78, 5) is 15.0. The lowest BCUT2D eigenvalue weighted by Crippen LogP contribution is -2.04. The maximum Gasteiger partial charge on any atom is 0.299 e. The van der Waals surface area contributed by atoms with E-state index in [0.29, 0.717) is 5.17 Å². The van der Waals surface area contributed by atoms with Crippen molar-refractivity contribution in [2.45, 2.75) is 58.3 Å². The van der Waals surface area contributed by atoms with Crippen LogP contribution in [0, 0.1) is 0 Å². The molecule has 0 atom stereocenters. The number of aliphatic imine (C=N–C) groups is 1. The number of unbranched alkanes of at least 4 members (excludes halogenated alkanes) is 7. The minimum Gasteiger partial charge on any atom is -0.265 e. The number of hydrogen-bond donors (Lipinski definition) is 0. The fourth-order valence-corrected chi connectivity index (χ4v) is 2.56.